The maximum atomic E-state index is 12.0. The molecule has 1 aliphatic heterocycles. The van der Waals surface area contributed by atoms with Crippen molar-refractivity contribution in [3.63, 3.8) is 0 Å². The largest absolute Gasteiger partial charge is 0.453 e. The van der Waals surface area contributed by atoms with Gasteiger partial charge in [-0.15, -0.1) is 0 Å². The monoisotopic (exact) mass is 250 g/mol. The van der Waals surface area contributed by atoms with Gasteiger partial charge in [0.25, 0.3) is 0 Å². The van der Waals surface area contributed by atoms with Gasteiger partial charge in [-0.05, 0) is 31.8 Å². The lowest BCUT2D eigenvalue weighted by molar-refractivity contribution is -0.174. The van der Waals surface area contributed by atoms with E-state index in [1.165, 1.54) is 0 Å². The summed E-state index contributed by atoms with van der Waals surface area (Å²) in [7, 11) is 0. The van der Waals surface area contributed by atoms with E-state index in [0.717, 1.165) is 12.8 Å². The van der Waals surface area contributed by atoms with Gasteiger partial charge in [-0.2, -0.15) is 0 Å². The fourth-order valence-corrected chi connectivity index (χ4v) is 2.66. The molecule has 4 nitrogen and oxygen atoms in total. The molecule has 1 fully saturated rings. The van der Waals surface area contributed by atoms with Crippen molar-refractivity contribution in [3.8, 4) is 0 Å². The van der Waals surface area contributed by atoms with E-state index in [2.05, 4.69) is 0 Å². The maximum Gasteiger partial charge on any atom is 0.325 e. The SMILES string of the molecule is CCCC(=O)C1C(=O)CC2(C=CCCC2)OC1=O. The Balaban J connectivity index is 2.15. The van der Waals surface area contributed by atoms with Gasteiger partial charge < -0.3 is 4.74 Å². The van der Waals surface area contributed by atoms with E-state index >= 15 is 0 Å². The van der Waals surface area contributed by atoms with E-state index in [1.807, 2.05) is 19.1 Å². The minimum Gasteiger partial charge on any atom is -0.453 e. The third kappa shape index (κ3) is 2.37. The second-order valence-electron chi connectivity index (χ2n) is 5.07. The molecule has 0 N–H and O–H groups in total. The number of ether oxygens (including phenoxy) is 1. The minimum atomic E-state index is -1.18. The predicted molar refractivity (Wildman–Crippen MR) is 64.8 cm³/mol. The number of rotatable bonds is 3. The minimum absolute atomic E-state index is 0.148. The van der Waals surface area contributed by atoms with Crippen LogP contribution in [-0.4, -0.2) is 23.1 Å². The van der Waals surface area contributed by atoms with Crippen molar-refractivity contribution >= 4 is 17.5 Å². The van der Waals surface area contributed by atoms with E-state index in [1.54, 1.807) is 0 Å². The summed E-state index contributed by atoms with van der Waals surface area (Å²) >= 11 is 0. The van der Waals surface area contributed by atoms with Crippen LogP contribution in [0.1, 0.15) is 45.4 Å². The Morgan fingerprint density at radius 1 is 1.50 bits per heavy atom. The summed E-state index contributed by atoms with van der Waals surface area (Å²) in [4.78, 5) is 35.7. The molecule has 2 atom stereocenters. The third-order valence-corrected chi connectivity index (χ3v) is 3.55. The van der Waals surface area contributed by atoms with Crippen LogP contribution < -0.4 is 0 Å². The molecule has 0 saturated carbocycles. The standard InChI is InChI=1S/C14H18O4/c1-2-6-10(15)12-11(16)9-14(18-13(12)17)7-4-3-5-8-14/h4,7,12H,2-3,5-6,8-9H2,1H3. The number of hydrogen-bond acceptors (Lipinski definition) is 4. The molecule has 1 saturated heterocycles. The van der Waals surface area contributed by atoms with Crippen molar-refractivity contribution in [2.45, 2.75) is 51.0 Å². The molecule has 4 heteroatoms. The summed E-state index contributed by atoms with van der Waals surface area (Å²) < 4.78 is 5.40. The molecular formula is C14H18O4. The Morgan fingerprint density at radius 3 is 2.83 bits per heavy atom. The quantitative estimate of drug-likeness (QED) is 0.436. The number of carbonyl (C=O) groups is 3. The zero-order valence-corrected chi connectivity index (χ0v) is 10.6. The molecule has 0 aromatic heterocycles. The highest BCUT2D eigenvalue weighted by molar-refractivity contribution is 6.18. The average molecular weight is 250 g/mol. The summed E-state index contributed by atoms with van der Waals surface area (Å²) in [6.07, 6.45) is 7.34. The van der Waals surface area contributed by atoms with Crippen molar-refractivity contribution in [3.05, 3.63) is 12.2 Å². The van der Waals surface area contributed by atoms with Gasteiger partial charge in [-0.1, -0.05) is 13.0 Å². The third-order valence-electron chi connectivity index (χ3n) is 3.55. The fraction of sp³-hybridized carbons (Fsp3) is 0.643. The van der Waals surface area contributed by atoms with Crippen molar-refractivity contribution in [2.75, 3.05) is 0 Å². The van der Waals surface area contributed by atoms with E-state index in [9.17, 15) is 14.4 Å². The first-order valence-corrected chi connectivity index (χ1v) is 6.54. The lowest BCUT2D eigenvalue weighted by Crippen LogP contribution is -2.49. The van der Waals surface area contributed by atoms with E-state index in [4.69, 9.17) is 4.74 Å². The van der Waals surface area contributed by atoms with E-state index in [0.29, 0.717) is 12.8 Å². The van der Waals surface area contributed by atoms with E-state index in [-0.39, 0.29) is 24.4 Å². The van der Waals surface area contributed by atoms with Crippen molar-refractivity contribution in [2.24, 2.45) is 5.92 Å². The first kappa shape index (κ1) is 13.0. The molecule has 2 unspecified atom stereocenters. The number of esters is 1. The molecule has 1 heterocycles. The van der Waals surface area contributed by atoms with Gasteiger partial charge >= 0.3 is 5.97 Å². The number of allylic oxidation sites excluding steroid dienone is 1. The Kier molecular flexibility index (Phi) is 3.64. The van der Waals surface area contributed by atoms with Crippen LogP contribution in [0.4, 0.5) is 0 Å². The molecule has 1 spiro atoms. The number of ketones is 2. The van der Waals surface area contributed by atoms with Crippen LogP contribution in [0.2, 0.25) is 0 Å². The molecule has 1 aliphatic carbocycles. The molecule has 0 aromatic rings. The lowest BCUT2D eigenvalue weighted by atomic mass is 9.79. The van der Waals surface area contributed by atoms with Gasteiger partial charge in [0.05, 0.1) is 6.42 Å². The van der Waals surface area contributed by atoms with Crippen LogP contribution in [0.5, 0.6) is 0 Å². The summed E-state index contributed by atoms with van der Waals surface area (Å²) in [6.45, 7) is 1.85. The molecule has 0 amide bonds. The lowest BCUT2D eigenvalue weighted by Gasteiger charge is -2.37. The van der Waals surface area contributed by atoms with Gasteiger partial charge in [0, 0.05) is 6.42 Å². The smallest absolute Gasteiger partial charge is 0.325 e. The topological polar surface area (TPSA) is 60.4 Å². The number of carbonyl (C=O) groups excluding carboxylic acids is 3. The molecule has 98 valence electrons. The van der Waals surface area contributed by atoms with E-state index < -0.39 is 17.5 Å². The molecule has 0 bridgehead atoms. The van der Waals surface area contributed by atoms with Gasteiger partial charge in [0.15, 0.2) is 17.5 Å². The average Bonchev–Trinajstić information content (AvgIpc) is 2.28. The van der Waals surface area contributed by atoms with Crippen LogP contribution in [-0.2, 0) is 19.1 Å². The van der Waals surface area contributed by atoms with Crippen LogP contribution in [0.15, 0.2) is 12.2 Å². The second kappa shape index (κ2) is 5.04. The summed E-state index contributed by atoms with van der Waals surface area (Å²) in [6, 6.07) is 0. The highest BCUT2D eigenvalue weighted by Gasteiger charge is 2.48. The normalized spacial score (nSPS) is 31.5. The Morgan fingerprint density at radius 2 is 2.28 bits per heavy atom. The van der Waals surface area contributed by atoms with Crippen molar-refractivity contribution in [1.29, 1.82) is 0 Å². The zero-order valence-electron chi connectivity index (χ0n) is 10.6. The van der Waals surface area contributed by atoms with Gasteiger partial charge in [0.2, 0.25) is 0 Å². The highest BCUT2D eigenvalue weighted by Crippen LogP contribution is 2.35. The molecule has 0 aromatic carbocycles. The molecular weight excluding hydrogens is 232 g/mol. The molecule has 0 radical (unpaired) electrons. The van der Waals surface area contributed by atoms with Crippen LogP contribution in [0.3, 0.4) is 0 Å². The van der Waals surface area contributed by atoms with Crippen LogP contribution >= 0.6 is 0 Å². The zero-order chi connectivity index (χ0) is 13.2. The first-order valence-electron chi connectivity index (χ1n) is 6.54. The summed E-state index contributed by atoms with van der Waals surface area (Å²) in [5.41, 5.74) is -0.768. The van der Waals surface area contributed by atoms with Crippen LogP contribution in [0.25, 0.3) is 0 Å². The Hall–Kier alpha value is -1.45. The van der Waals surface area contributed by atoms with Crippen molar-refractivity contribution < 1.29 is 19.1 Å². The fourth-order valence-electron chi connectivity index (χ4n) is 2.66. The number of hydrogen-bond donors (Lipinski definition) is 0. The molecule has 18 heavy (non-hydrogen) atoms. The summed E-state index contributed by atoms with van der Waals surface area (Å²) in [5.74, 6) is -2.42. The molecule has 2 rings (SSSR count). The Bertz CT molecular complexity index is 390. The predicted octanol–water partition coefficient (Wildman–Crippen LogP) is 1.97. The summed E-state index contributed by atoms with van der Waals surface area (Å²) in [5, 5.41) is 0. The Labute approximate surface area is 106 Å². The van der Waals surface area contributed by atoms with Gasteiger partial charge in [0.1, 0.15) is 5.60 Å². The van der Waals surface area contributed by atoms with Crippen LogP contribution in [0, 0.1) is 5.92 Å². The van der Waals surface area contributed by atoms with Crippen molar-refractivity contribution in [1.82, 2.24) is 0 Å². The highest BCUT2D eigenvalue weighted by atomic mass is 16.6. The van der Waals surface area contributed by atoms with Gasteiger partial charge in [-0.3, -0.25) is 14.4 Å². The first-order chi connectivity index (χ1) is 8.58. The molecule has 2 aliphatic rings. The second-order valence-corrected chi connectivity index (χ2v) is 5.07. The van der Waals surface area contributed by atoms with Gasteiger partial charge in [-0.25, -0.2) is 0 Å². The maximum absolute atomic E-state index is 12.0. The number of Topliss-reactive ketones (excluding diaryl/α,β-unsaturated/α-hetero) is 2.